The molecule has 1 saturated carbocycles. The third kappa shape index (κ3) is 4.36. The maximum atomic E-state index is 12.6. The van der Waals surface area contributed by atoms with Gasteiger partial charge in [-0.05, 0) is 42.5 Å². The highest BCUT2D eigenvalue weighted by Gasteiger charge is 2.44. The maximum Gasteiger partial charge on any atom is 0.422 e. The molecule has 8 heteroatoms. The van der Waals surface area contributed by atoms with Crippen LogP contribution >= 0.6 is 0 Å². The van der Waals surface area contributed by atoms with Crippen LogP contribution in [0.3, 0.4) is 0 Å². The number of aromatic amines is 1. The Labute approximate surface area is 165 Å². The van der Waals surface area contributed by atoms with E-state index in [2.05, 4.69) is 26.1 Å². The van der Waals surface area contributed by atoms with Crippen molar-refractivity contribution < 1.29 is 22.7 Å². The van der Waals surface area contributed by atoms with Gasteiger partial charge in [-0.2, -0.15) is 13.2 Å². The van der Waals surface area contributed by atoms with Crippen LogP contribution in [0.4, 0.5) is 13.2 Å². The van der Waals surface area contributed by atoms with Crippen molar-refractivity contribution in [2.75, 3.05) is 6.61 Å². The Morgan fingerprint density at radius 3 is 2.86 bits per heavy atom. The molecule has 1 aromatic carbocycles. The van der Waals surface area contributed by atoms with E-state index in [1.54, 1.807) is 6.07 Å². The van der Waals surface area contributed by atoms with Crippen LogP contribution in [-0.2, 0) is 4.79 Å². The van der Waals surface area contributed by atoms with E-state index in [-0.39, 0.29) is 29.7 Å². The summed E-state index contributed by atoms with van der Waals surface area (Å²) in [5.74, 6) is -0.0304. The highest BCUT2D eigenvalue weighted by atomic mass is 19.4. The molecular weight excluding hydrogens is 383 g/mol. The van der Waals surface area contributed by atoms with Gasteiger partial charge in [0.1, 0.15) is 0 Å². The van der Waals surface area contributed by atoms with Gasteiger partial charge in [-0.3, -0.25) is 4.79 Å². The Kier molecular flexibility index (Phi) is 4.94. The Morgan fingerprint density at radius 2 is 2.14 bits per heavy atom. The van der Waals surface area contributed by atoms with Crippen LogP contribution < -0.4 is 10.1 Å². The van der Waals surface area contributed by atoms with Crippen LogP contribution in [0.5, 0.6) is 5.88 Å². The second-order valence-electron chi connectivity index (χ2n) is 7.30. The van der Waals surface area contributed by atoms with Gasteiger partial charge in [-0.1, -0.05) is 18.2 Å². The van der Waals surface area contributed by atoms with Crippen LogP contribution in [0.25, 0.3) is 10.9 Å². The van der Waals surface area contributed by atoms with E-state index >= 15 is 0 Å². The molecule has 2 heterocycles. The van der Waals surface area contributed by atoms with E-state index in [1.807, 2.05) is 31.3 Å². The van der Waals surface area contributed by atoms with Crippen LogP contribution in [0.1, 0.15) is 36.4 Å². The largest absolute Gasteiger partial charge is 0.468 e. The quantitative estimate of drug-likeness (QED) is 0.638. The molecule has 0 radical (unpaired) electrons. The van der Waals surface area contributed by atoms with E-state index in [0.717, 1.165) is 17.3 Å². The van der Waals surface area contributed by atoms with Gasteiger partial charge >= 0.3 is 6.18 Å². The summed E-state index contributed by atoms with van der Waals surface area (Å²) in [5, 5.41) is 4.11. The fourth-order valence-corrected chi connectivity index (χ4v) is 3.55. The summed E-state index contributed by atoms with van der Waals surface area (Å²) >= 11 is 0. The number of pyridine rings is 1. The third-order valence-corrected chi connectivity index (χ3v) is 5.16. The number of carbonyl (C=O) groups is 1. The normalized spacial score (nSPS) is 19.7. The molecule has 2 aromatic heterocycles. The highest BCUT2D eigenvalue weighted by molar-refractivity contribution is 5.88. The first-order valence-electron chi connectivity index (χ1n) is 9.34. The van der Waals surface area contributed by atoms with Gasteiger partial charge in [0.2, 0.25) is 11.8 Å². The molecular formula is C21H20F3N3O2. The van der Waals surface area contributed by atoms with Gasteiger partial charge in [0.15, 0.2) is 6.61 Å². The van der Waals surface area contributed by atoms with Gasteiger partial charge in [0.05, 0.1) is 6.04 Å². The molecule has 1 amide bonds. The molecule has 3 atom stereocenters. The molecule has 0 saturated heterocycles. The van der Waals surface area contributed by atoms with E-state index in [0.29, 0.717) is 5.56 Å². The smallest absolute Gasteiger partial charge is 0.422 e. The standard InChI is InChI=1S/C21H20F3N3O2/c1-12(13-5-6-19(26-10-13)29-11-21(22,23)24)27-20(28)17-9-16(17)14-3-2-4-18-15(14)7-8-25-18/h2-8,10,12,16-17,25H,9,11H2,1H3,(H,27,28)/t12-,16?,17?/m1/s1. The maximum absolute atomic E-state index is 12.6. The predicted molar refractivity (Wildman–Crippen MR) is 101 cm³/mol. The summed E-state index contributed by atoms with van der Waals surface area (Å²) in [5.41, 5.74) is 2.92. The lowest BCUT2D eigenvalue weighted by Gasteiger charge is -2.15. The lowest BCUT2D eigenvalue weighted by Crippen LogP contribution is -2.28. The van der Waals surface area contributed by atoms with E-state index in [4.69, 9.17) is 0 Å². The molecule has 0 spiro atoms. The van der Waals surface area contributed by atoms with Crippen molar-refractivity contribution in [1.29, 1.82) is 0 Å². The number of aromatic nitrogens is 2. The van der Waals surface area contributed by atoms with Gasteiger partial charge in [0.25, 0.3) is 0 Å². The van der Waals surface area contributed by atoms with Crippen molar-refractivity contribution in [3.8, 4) is 5.88 Å². The number of fused-ring (bicyclic) bond motifs is 1. The zero-order valence-corrected chi connectivity index (χ0v) is 15.7. The molecule has 1 fully saturated rings. The van der Waals surface area contributed by atoms with Crippen molar-refractivity contribution in [3.63, 3.8) is 0 Å². The average Bonchev–Trinajstić information content (AvgIpc) is 3.34. The van der Waals surface area contributed by atoms with Crippen molar-refractivity contribution in [1.82, 2.24) is 15.3 Å². The van der Waals surface area contributed by atoms with Gasteiger partial charge in [0, 0.05) is 35.3 Å². The minimum absolute atomic E-state index is 0.0348. The minimum Gasteiger partial charge on any atom is -0.468 e. The summed E-state index contributed by atoms with van der Waals surface area (Å²) in [7, 11) is 0. The minimum atomic E-state index is -4.41. The number of alkyl halides is 3. The SMILES string of the molecule is C[C@@H](NC(=O)C1CC1c1cccc2[nH]ccc12)c1ccc(OCC(F)(F)F)nc1. The van der Waals surface area contributed by atoms with Crippen LogP contribution in [0.15, 0.2) is 48.8 Å². The third-order valence-electron chi connectivity index (χ3n) is 5.16. The molecule has 0 aliphatic heterocycles. The number of rotatable bonds is 6. The Balaban J connectivity index is 1.35. The zero-order valence-electron chi connectivity index (χ0n) is 15.7. The first kappa shape index (κ1) is 19.3. The molecule has 4 rings (SSSR count). The number of nitrogens with one attached hydrogen (secondary N) is 2. The first-order valence-corrected chi connectivity index (χ1v) is 9.34. The fraction of sp³-hybridized carbons (Fsp3) is 0.333. The Bertz CT molecular complexity index is 1010. The lowest BCUT2D eigenvalue weighted by molar-refractivity contribution is -0.154. The predicted octanol–water partition coefficient (Wildman–Crippen LogP) is 4.48. The molecule has 0 bridgehead atoms. The second-order valence-corrected chi connectivity index (χ2v) is 7.30. The lowest BCUT2D eigenvalue weighted by atomic mass is 10.0. The number of halogens is 3. The number of nitrogens with zero attached hydrogens (tertiary/aromatic N) is 1. The van der Waals surface area contributed by atoms with Crippen molar-refractivity contribution >= 4 is 16.8 Å². The number of H-pyrrole nitrogens is 1. The van der Waals surface area contributed by atoms with Crippen LogP contribution in [0.2, 0.25) is 0 Å². The summed E-state index contributed by atoms with van der Waals surface area (Å²) in [6, 6.07) is 10.7. The molecule has 2 unspecified atom stereocenters. The topological polar surface area (TPSA) is 67.0 Å². The highest BCUT2D eigenvalue weighted by Crippen LogP contribution is 2.49. The Hall–Kier alpha value is -3.03. The molecule has 3 aromatic rings. The molecule has 2 N–H and O–H groups in total. The summed E-state index contributed by atoms with van der Waals surface area (Å²) in [6.07, 6.45) is -0.303. The molecule has 29 heavy (non-hydrogen) atoms. The molecule has 1 aliphatic carbocycles. The fourth-order valence-electron chi connectivity index (χ4n) is 3.55. The van der Waals surface area contributed by atoms with Crippen molar-refractivity contribution in [2.45, 2.75) is 31.5 Å². The van der Waals surface area contributed by atoms with Crippen LogP contribution in [-0.4, -0.2) is 28.7 Å². The average molecular weight is 403 g/mol. The number of benzene rings is 1. The monoisotopic (exact) mass is 403 g/mol. The Morgan fingerprint density at radius 1 is 1.31 bits per heavy atom. The van der Waals surface area contributed by atoms with Crippen molar-refractivity contribution in [2.24, 2.45) is 5.92 Å². The summed E-state index contributed by atoms with van der Waals surface area (Å²) in [4.78, 5) is 19.7. The van der Waals surface area contributed by atoms with Gasteiger partial charge in [-0.25, -0.2) is 4.98 Å². The number of hydrogen-bond donors (Lipinski definition) is 2. The van der Waals surface area contributed by atoms with Gasteiger partial charge in [-0.15, -0.1) is 0 Å². The second kappa shape index (κ2) is 7.42. The van der Waals surface area contributed by atoms with E-state index < -0.39 is 12.8 Å². The van der Waals surface area contributed by atoms with Gasteiger partial charge < -0.3 is 15.0 Å². The molecule has 5 nitrogen and oxygen atoms in total. The number of hydrogen-bond acceptors (Lipinski definition) is 3. The van der Waals surface area contributed by atoms with E-state index in [1.165, 1.54) is 17.8 Å². The van der Waals surface area contributed by atoms with Crippen LogP contribution in [0, 0.1) is 5.92 Å². The summed E-state index contributed by atoms with van der Waals surface area (Å²) < 4.78 is 41.2. The molecule has 1 aliphatic rings. The molecule has 152 valence electrons. The number of carbonyl (C=O) groups excluding carboxylic acids is 1. The first-order chi connectivity index (χ1) is 13.8. The van der Waals surface area contributed by atoms with E-state index in [9.17, 15) is 18.0 Å². The van der Waals surface area contributed by atoms with Crippen molar-refractivity contribution in [3.05, 3.63) is 59.9 Å². The zero-order chi connectivity index (χ0) is 20.6. The number of amides is 1. The summed E-state index contributed by atoms with van der Waals surface area (Å²) in [6.45, 7) is 0.429. The number of ether oxygens (including phenoxy) is 1.